The van der Waals surface area contributed by atoms with Crippen molar-refractivity contribution in [1.29, 1.82) is 0 Å². The van der Waals surface area contributed by atoms with Gasteiger partial charge in [0.2, 0.25) is 0 Å². The van der Waals surface area contributed by atoms with Crippen LogP contribution in [0.2, 0.25) is 0 Å². The van der Waals surface area contributed by atoms with Crippen molar-refractivity contribution >= 4 is 23.2 Å². The van der Waals surface area contributed by atoms with Gasteiger partial charge in [-0.05, 0) is 55.0 Å². The molecule has 13 heteroatoms. The highest BCUT2D eigenvalue weighted by atomic mass is 19.4. The quantitative estimate of drug-likeness (QED) is 0.293. The Hall–Kier alpha value is -4.28. The molecule has 0 aliphatic carbocycles. The molecule has 1 atom stereocenters. The molecule has 3 aromatic rings. The van der Waals surface area contributed by atoms with Crippen molar-refractivity contribution in [1.82, 2.24) is 14.5 Å². The Kier molecular flexibility index (Phi) is 9.68. The number of imidazole rings is 1. The Morgan fingerprint density at radius 1 is 1.12 bits per heavy atom. The third kappa shape index (κ3) is 8.86. The van der Waals surface area contributed by atoms with Gasteiger partial charge in [0, 0.05) is 12.6 Å². The van der Waals surface area contributed by atoms with Gasteiger partial charge in [0.15, 0.2) is 0 Å². The lowest BCUT2D eigenvalue weighted by Crippen LogP contribution is -2.42. The highest BCUT2D eigenvalue weighted by molar-refractivity contribution is 5.97. The monoisotopic (exact) mass is 605 g/mol. The molecule has 1 unspecified atom stereocenters. The van der Waals surface area contributed by atoms with E-state index >= 15 is 0 Å². The second kappa shape index (κ2) is 12.5. The third-order valence-electron chi connectivity index (χ3n) is 6.10. The summed E-state index contributed by atoms with van der Waals surface area (Å²) in [7, 11) is 1.65. The standard InChI is InChI=1S/C30H34F3N3O7/c1-28(2,3)16-29(4,5)43-27(41)36(26(39)40)14-19-13-23(18-7-10-21(11-8-18)42-30(31,32)33)24-25(35(6)17-34-24)22(19)12-9-20(38)15-37/h7-8,10-11,13,17,20,37-38H,14-16H2,1-6H3,(H,39,40). The second-order valence-electron chi connectivity index (χ2n) is 11.8. The number of nitrogens with zero attached hydrogens (tertiary/aromatic N) is 3. The number of imide groups is 1. The van der Waals surface area contributed by atoms with Crippen molar-refractivity contribution in [2.24, 2.45) is 12.5 Å². The molecule has 2 amide bonds. The number of ether oxygens (including phenoxy) is 2. The van der Waals surface area contributed by atoms with Gasteiger partial charge < -0.3 is 29.4 Å². The molecule has 0 aliphatic rings. The summed E-state index contributed by atoms with van der Waals surface area (Å²) in [5.41, 5.74) is 0.794. The molecule has 3 rings (SSSR count). The van der Waals surface area contributed by atoms with E-state index in [0.29, 0.717) is 33.5 Å². The first kappa shape index (κ1) is 33.2. The van der Waals surface area contributed by atoms with E-state index < -0.39 is 49.2 Å². The maximum absolute atomic E-state index is 13.2. The van der Waals surface area contributed by atoms with Crippen LogP contribution < -0.4 is 4.74 Å². The maximum Gasteiger partial charge on any atom is 0.573 e. The van der Waals surface area contributed by atoms with Gasteiger partial charge in [0.05, 0.1) is 36.1 Å². The Morgan fingerprint density at radius 3 is 2.28 bits per heavy atom. The maximum atomic E-state index is 13.2. The van der Waals surface area contributed by atoms with E-state index in [9.17, 15) is 38.1 Å². The average Bonchev–Trinajstić information content (AvgIpc) is 3.24. The fourth-order valence-corrected chi connectivity index (χ4v) is 4.90. The number of carboxylic acid groups (broad SMARTS) is 1. The molecule has 1 heterocycles. The van der Waals surface area contributed by atoms with Gasteiger partial charge in [0.1, 0.15) is 17.5 Å². The zero-order valence-corrected chi connectivity index (χ0v) is 24.6. The first-order chi connectivity index (χ1) is 19.8. The summed E-state index contributed by atoms with van der Waals surface area (Å²) >= 11 is 0. The van der Waals surface area contributed by atoms with E-state index in [4.69, 9.17) is 4.74 Å². The minimum Gasteiger partial charge on any atom is -0.465 e. The summed E-state index contributed by atoms with van der Waals surface area (Å²) in [5.74, 6) is 4.83. The number of amides is 2. The van der Waals surface area contributed by atoms with Gasteiger partial charge in [-0.2, -0.15) is 0 Å². The molecule has 0 bridgehead atoms. The summed E-state index contributed by atoms with van der Waals surface area (Å²) < 4.78 is 49.2. The summed E-state index contributed by atoms with van der Waals surface area (Å²) in [4.78, 5) is 30.4. The molecular formula is C30H34F3N3O7. The summed E-state index contributed by atoms with van der Waals surface area (Å²) in [6.45, 7) is 8.03. The summed E-state index contributed by atoms with van der Waals surface area (Å²) in [6, 6.07) is 6.54. The number of benzene rings is 2. The third-order valence-corrected chi connectivity index (χ3v) is 6.10. The minimum absolute atomic E-state index is 0.215. The first-order valence-electron chi connectivity index (χ1n) is 13.2. The minimum atomic E-state index is -4.88. The zero-order chi connectivity index (χ0) is 32.3. The normalized spacial score (nSPS) is 12.8. The molecule has 0 aliphatic heterocycles. The topological polar surface area (TPSA) is 134 Å². The van der Waals surface area contributed by atoms with Crippen molar-refractivity contribution in [3.05, 3.63) is 47.8 Å². The molecule has 0 spiro atoms. The molecule has 232 valence electrons. The number of aryl methyl sites for hydroxylation is 1. The Bertz CT molecular complexity index is 1550. The van der Waals surface area contributed by atoms with Crippen molar-refractivity contribution in [2.45, 2.75) is 65.7 Å². The van der Waals surface area contributed by atoms with Crippen LogP contribution in [0.15, 0.2) is 36.7 Å². The van der Waals surface area contributed by atoms with Crippen LogP contribution in [0.3, 0.4) is 0 Å². The fraction of sp³-hybridized carbons (Fsp3) is 0.433. The van der Waals surface area contributed by atoms with Gasteiger partial charge in [-0.1, -0.05) is 44.7 Å². The molecule has 0 saturated carbocycles. The van der Waals surface area contributed by atoms with Gasteiger partial charge in [-0.25, -0.2) is 19.5 Å². The van der Waals surface area contributed by atoms with Crippen molar-refractivity contribution in [3.63, 3.8) is 0 Å². The molecule has 0 fully saturated rings. The molecular weight excluding hydrogens is 571 g/mol. The van der Waals surface area contributed by atoms with Crippen molar-refractivity contribution in [2.75, 3.05) is 6.61 Å². The number of aliphatic hydroxyl groups excluding tert-OH is 2. The van der Waals surface area contributed by atoms with E-state index in [2.05, 4.69) is 21.6 Å². The van der Waals surface area contributed by atoms with Crippen LogP contribution in [-0.4, -0.2) is 66.6 Å². The first-order valence-corrected chi connectivity index (χ1v) is 13.2. The summed E-state index contributed by atoms with van der Waals surface area (Å²) in [6.07, 6.45) is -7.09. The van der Waals surface area contributed by atoms with E-state index in [-0.39, 0.29) is 16.5 Å². The lowest BCUT2D eigenvalue weighted by molar-refractivity contribution is -0.274. The second-order valence-corrected chi connectivity index (χ2v) is 11.8. The molecule has 43 heavy (non-hydrogen) atoms. The van der Waals surface area contributed by atoms with Crippen LogP contribution in [0.1, 0.15) is 52.2 Å². The predicted molar refractivity (Wildman–Crippen MR) is 151 cm³/mol. The van der Waals surface area contributed by atoms with Crippen LogP contribution in [0.5, 0.6) is 5.75 Å². The number of halogens is 3. The van der Waals surface area contributed by atoms with Crippen LogP contribution in [0.25, 0.3) is 22.2 Å². The van der Waals surface area contributed by atoms with Gasteiger partial charge in [-0.15, -0.1) is 13.2 Å². The lowest BCUT2D eigenvalue weighted by Gasteiger charge is -2.33. The van der Waals surface area contributed by atoms with Gasteiger partial charge in [-0.3, -0.25) is 0 Å². The van der Waals surface area contributed by atoms with Crippen LogP contribution in [-0.2, 0) is 18.3 Å². The Balaban J connectivity index is 2.17. The number of carbonyl (C=O) groups excluding carboxylic acids is 1. The van der Waals surface area contributed by atoms with E-state index in [1.165, 1.54) is 24.5 Å². The van der Waals surface area contributed by atoms with Crippen LogP contribution in [0.4, 0.5) is 22.8 Å². The average molecular weight is 606 g/mol. The zero-order valence-electron chi connectivity index (χ0n) is 24.6. The highest BCUT2D eigenvalue weighted by Crippen LogP contribution is 2.35. The number of aliphatic hydroxyl groups is 2. The lowest BCUT2D eigenvalue weighted by atomic mass is 9.84. The molecule has 2 aromatic carbocycles. The van der Waals surface area contributed by atoms with Crippen molar-refractivity contribution in [3.8, 4) is 28.7 Å². The number of alkyl halides is 3. The van der Waals surface area contributed by atoms with Gasteiger partial charge in [0.25, 0.3) is 0 Å². The van der Waals surface area contributed by atoms with Gasteiger partial charge >= 0.3 is 18.5 Å². The smallest absolute Gasteiger partial charge is 0.465 e. The molecule has 0 radical (unpaired) electrons. The van der Waals surface area contributed by atoms with Crippen molar-refractivity contribution < 1.29 is 47.6 Å². The fourth-order valence-electron chi connectivity index (χ4n) is 4.90. The Labute approximate surface area is 246 Å². The summed E-state index contributed by atoms with van der Waals surface area (Å²) in [5, 5.41) is 29.2. The number of carbonyl (C=O) groups is 2. The molecule has 1 aromatic heterocycles. The Morgan fingerprint density at radius 2 is 1.74 bits per heavy atom. The number of hydrogen-bond donors (Lipinski definition) is 3. The SMILES string of the molecule is Cn1cnc2c(-c3ccc(OC(F)(F)F)cc3)cc(CN(C(=O)O)C(=O)OC(C)(C)CC(C)(C)C)c(C#CC(O)CO)c21. The number of rotatable bonds is 7. The van der Waals surface area contributed by atoms with E-state index in [1.807, 2.05) is 20.8 Å². The number of aromatic nitrogens is 2. The molecule has 0 saturated heterocycles. The van der Waals surface area contributed by atoms with E-state index in [1.54, 1.807) is 25.5 Å². The molecule has 3 N–H and O–H groups in total. The molecule has 10 nitrogen and oxygen atoms in total. The van der Waals surface area contributed by atoms with Crippen LogP contribution in [0, 0.1) is 17.3 Å². The number of hydrogen-bond acceptors (Lipinski definition) is 7. The largest absolute Gasteiger partial charge is 0.573 e. The van der Waals surface area contributed by atoms with Crippen LogP contribution >= 0.6 is 0 Å². The predicted octanol–water partition coefficient (Wildman–Crippen LogP) is 5.68. The highest BCUT2D eigenvalue weighted by Gasteiger charge is 2.34. The number of fused-ring (bicyclic) bond motifs is 1. The van der Waals surface area contributed by atoms with E-state index in [0.717, 1.165) is 12.1 Å².